The molecule has 6 heteroatoms. The van der Waals surface area contributed by atoms with Gasteiger partial charge in [0.05, 0.1) is 0 Å². The van der Waals surface area contributed by atoms with E-state index in [9.17, 15) is 0 Å². The molecule has 102 valence electrons. The third kappa shape index (κ3) is 2.44. The normalized spacial score (nSPS) is 10.9. The molecule has 0 unspecified atom stereocenters. The molecule has 0 atom stereocenters. The molecule has 0 fully saturated rings. The Bertz CT molecular complexity index is 737. The molecule has 0 saturated carbocycles. The van der Waals surface area contributed by atoms with Crippen LogP contribution in [0.3, 0.4) is 0 Å². The predicted molar refractivity (Wildman–Crippen MR) is 79.9 cm³/mol. The summed E-state index contributed by atoms with van der Waals surface area (Å²) < 4.78 is 2.01. The van der Waals surface area contributed by atoms with Crippen molar-refractivity contribution in [1.82, 2.24) is 19.7 Å². The molecule has 2 aromatic heterocycles. The molecule has 0 radical (unpaired) electrons. The monoisotopic (exact) mass is 287 g/mol. The van der Waals surface area contributed by atoms with Crippen molar-refractivity contribution in [3.63, 3.8) is 0 Å². The Morgan fingerprint density at radius 3 is 2.75 bits per heavy atom. The SMILES string of the molecule is Cn1ccnc1CCNc1nnc(Cl)c2ccccc12. The first-order valence-electron chi connectivity index (χ1n) is 6.36. The zero-order valence-electron chi connectivity index (χ0n) is 11.0. The van der Waals surface area contributed by atoms with E-state index in [2.05, 4.69) is 20.5 Å². The smallest absolute Gasteiger partial charge is 0.159 e. The van der Waals surface area contributed by atoms with Gasteiger partial charge in [0.25, 0.3) is 0 Å². The molecule has 2 heterocycles. The molecule has 1 aromatic carbocycles. The molecule has 3 rings (SSSR count). The molecule has 1 N–H and O–H groups in total. The van der Waals surface area contributed by atoms with Crippen LogP contribution in [0.4, 0.5) is 5.82 Å². The minimum Gasteiger partial charge on any atom is -0.368 e. The average Bonchev–Trinajstić information content (AvgIpc) is 2.87. The number of hydrogen-bond acceptors (Lipinski definition) is 4. The highest BCUT2D eigenvalue weighted by atomic mass is 35.5. The highest BCUT2D eigenvalue weighted by Crippen LogP contribution is 2.25. The van der Waals surface area contributed by atoms with Crippen molar-refractivity contribution in [1.29, 1.82) is 0 Å². The molecule has 0 aliphatic heterocycles. The third-order valence-electron chi connectivity index (χ3n) is 3.20. The van der Waals surface area contributed by atoms with Gasteiger partial charge in [-0.15, -0.1) is 10.2 Å². The van der Waals surface area contributed by atoms with Crippen LogP contribution in [0.15, 0.2) is 36.7 Å². The number of imidazole rings is 1. The zero-order valence-corrected chi connectivity index (χ0v) is 11.8. The molecule has 0 amide bonds. The van der Waals surface area contributed by atoms with Crippen LogP contribution in [0.25, 0.3) is 10.8 Å². The van der Waals surface area contributed by atoms with Gasteiger partial charge in [0, 0.05) is 43.2 Å². The lowest BCUT2D eigenvalue weighted by Gasteiger charge is -2.08. The van der Waals surface area contributed by atoms with Gasteiger partial charge in [-0.05, 0) is 0 Å². The average molecular weight is 288 g/mol. The van der Waals surface area contributed by atoms with Gasteiger partial charge in [-0.2, -0.15) is 0 Å². The van der Waals surface area contributed by atoms with Gasteiger partial charge in [-0.1, -0.05) is 35.9 Å². The second kappa shape index (κ2) is 5.46. The predicted octanol–water partition coefficient (Wildman–Crippen LogP) is 2.67. The first kappa shape index (κ1) is 12.9. The number of benzene rings is 1. The summed E-state index contributed by atoms with van der Waals surface area (Å²) in [4.78, 5) is 4.29. The minimum absolute atomic E-state index is 0.426. The number of fused-ring (bicyclic) bond motifs is 1. The van der Waals surface area contributed by atoms with E-state index in [1.807, 2.05) is 42.1 Å². The van der Waals surface area contributed by atoms with Crippen molar-refractivity contribution < 1.29 is 0 Å². The molecule has 0 spiro atoms. The van der Waals surface area contributed by atoms with Gasteiger partial charge >= 0.3 is 0 Å². The summed E-state index contributed by atoms with van der Waals surface area (Å²) in [7, 11) is 1.99. The molecule has 0 aliphatic rings. The molecule has 5 nitrogen and oxygen atoms in total. The Kier molecular flexibility index (Phi) is 3.52. The van der Waals surface area contributed by atoms with E-state index in [1.165, 1.54) is 0 Å². The third-order valence-corrected chi connectivity index (χ3v) is 3.48. The number of halogens is 1. The minimum atomic E-state index is 0.426. The van der Waals surface area contributed by atoms with Crippen molar-refractivity contribution in [2.45, 2.75) is 6.42 Å². The second-order valence-corrected chi connectivity index (χ2v) is 4.87. The van der Waals surface area contributed by atoms with E-state index in [4.69, 9.17) is 11.6 Å². The molecule has 0 bridgehead atoms. The van der Waals surface area contributed by atoms with Crippen molar-refractivity contribution in [3.8, 4) is 0 Å². The number of aromatic nitrogens is 4. The number of nitrogens with one attached hydrogen (secondary N) is 1. The summed E-state index contributed by atoms with van der Waals surface area (Å²) in [5, 5.41) is 13.7. The Balaban J connectivity index is 1.78. The Morgan fingerprint density at radius 2 is 2.00 bits per heavy atom. The maximum Gasteiger partial charge on any atom is 0.159 e. The van der Waals surface area contributed by atoms with Crippen LogP contribution in [0.1, 0.15) is 5.82 Å². The van der Waals surface area contributed by atoms with E-state index in [-0.39, 0.29) is 0 Å². The first-order valence-corrected chi connectivity index (χ1v) is 6.74. The highest BCUT2D eigenvalue weighted by molar-refractivity contribution is 6.34. The summed E-state index contributed by atoms with van der Waals surface area (Å²) in [6, 6.07) is 7.83. The van der Waals surface area contributed by atoms with Crippen molar-refractivity contribution in [3.05, 3.63) is 47.6 Å². The quantitative estimate of drug-likeness (QED) is 0.801. The van der Waals surface area contributed by atoms with Gasteiger partial charge < -0.3 is 9.88 Å². The fourth-order valence-electron chi connectivity index (χ4n) is 2.13. The number of rotatable bonds is 4. The summed E-state index contributed by atoms with van der Waals surface area (Å²) >= 11 is 6.05. The van der Waals surface area contributed by atoms with E-state index >= 15 is 0 Å². The van der Waals surface area contributed by atoms with Gasteiger partial charge in [0.2, 0.25) is 0 Å². The fourth-order valence-corrected chi connectivity index (χ4v) is 2.33. The van der Waals surface area contributed by atoms with Gasteiger partial charge in [-0.3, -0.25) is 0 Å². The van der Waals surface area contributed by atoms with E-state index in [1.54, 1.807) is 6.20 Å². The van der Waals surface area contributed by atoms with Crippen LogP contribution in [-0.2, 0) is 13.5 Å². The van der Waals surface area contributed by atoms with E-state index < -0.39 is 0 Å². The summed E-state index contributed by atoms with van der Waals surface area (Å²) in [5.41, 5.74) is 0. The number of nitrogens with zero attached hydrogens (tertiary/aromatic N) is 4. The molecule has 0 aliphatic carbocycles. The van der Waals surface area contributed by atoms with Crippen LogP contribution >= 0.6 is 11.6 Å². The number of anilines is 1. The molecule has 20 heavy (non-hydrogen) atoms. The molecule has 0 saturated heterocycles. The summed E-state index contributed by atoms with van der Waals surface area (Å²) in [6.45, 7) is 0.741. The molecule has 3 aromatic rings. The largest absolute Gasteiger partial charge is 0.368 e. The van der Waals surface area contributed by atoms with Gasteiger partial charge in [-0.25, -0.2) is 4.98 Å². The van der Waals surface area contributed by atoms with Crippen molar-refractivity contribution in [2.75, 3.05) is 11.9 Å². The summed E-state index contributed by atoms with van der Waals surface area (Å²) in [6.07, 6.45) is 4.56. The Morgan fingerprint density at radius 1 is 1.20 bits per heavy atom. The van der Waals surface area contributed by atoms with Crippen LogP contribution in [0, 0.1) is 0 Å². The van der Waals surface area contributed by atoms with Gasteiger partial charge in [0.1, 0.15) is 5.82 Å². The lowest BCUT2D eigenvalue weighted by Crippen LogP contribution is -2.10. The maximum absolute atomic E-state index is 6.05. The second-order valence-electron chi connectivity index (χ2n) is 4.52. The van der Waals surface area contributed by atoms with Crippen LogP contribution in [0.5, 0.6) is 0 Å². The zero-order chi connectivity index (χ0) is 13.9. The van der Waals surface area contributed by atoms with Crippen LogP contribution < -0.4 is 5.32 Å². The number of hydrogen-bond donors (Lipinski definition) is 1. The van der Waals surface area contributed by atoms with Crippen LogP contribution in [-0.4, -0.2) is 26.3 Å². The summed E-state index contributed by atoms with van der Waals surface area (Å²) in [5.74, 6) is 1.78. The number of aryl methyl sites for hydroxylation is 1. The molecular formula is C14H14ClN5. The van der Waals surface area contributed by atoms with E-state index in [0.29, 0.717) is 5.15 Å². The first-order chi connectivity index (χ1) is 9.75. The van der Waals surface area contributed by atoms with E-state index in [0.717, 1.165) is 35.4 Å². The standard InChI is InChI=1S/C14H14ClN5/c1-20-9-8-16-12(20)6-7-17-14-11-5-3-2-4-10(11)13(15)18-19-14/h2-5,8-9H,6-7H2,1H3,(H,17,19). The highest BCUT2D eigenvalue weighted by Gasteiger charge is 2.07. The van der Waals surface area contributed by atoms with Crippen molar-refractivity contribution in [2.24, 2.45) is 7.05 Å². The van der Waals surface area contributed by atoms with Gasteiger partial charge in [0.15, 0.2) is 11.0 Å². The lowest BCUT2D eigenvalue weighted by atomic mass is 10.2. The maximum atomic E-state index is 6.05. The topological polar surface area (TPSA) is 55.6 Å². The Labute approximate surface area is 121 Å². The lowest BCUT2D eigenvalue weighted by molar-refractivity contribution is 0.788. The molecular weight excluding hydrogens is 274 g/mol. The Hall–Kier alpha value is -2.14. The fraction of sp³-hybridized carbons (Fsp3) is 0.214. The van der Waals surface area contributed by atoms with Crippen molar-refractivity contribution >= 4 is 28.2 Å². The van der Waals surface area contributed by atoms with Crippen LogP contribution in [0.2, 0.25) is 5.15 Å².